The summed E-state index contributed by atoms with van der Waals surface area (Å²) in [6.45, 7) is 6.26. The zero-order valence-electron chi connectivity index (χ0n) is 11.7. The van der Waals surface area contributed by atoms with Gasteiger partial charge < -0.3 is 5.32 Å². The first-order chi connectivity index (χ1) is 8.77. The van der Waals surface area contributed by atoms with Crippen LogP contribution < -0.4 is 5.32 Å². The molecule has 0 fully saturated rings. The second kappa shape index (κ2) is 9.09. The summed E-state index contributed by atoms with van der Waals surface area (Å²) in [7, 11) is 0. The summed E-state index contributed by atoms with van der Waals surface area (Å²) in [5.41, 5.74) is 1.13. The Bertz CT molecular complexity index is 325. The highest BCUT2D eigenvalue weighted by Gasteiger charge is 2.11. The molecule has 0 amide bonds. The van der Waals surface area contributed by atoms with Crippen LogP contribution in [0.3, 0.4) is 0 Å². The van der Waals surface area contributed by atoms with Crippen molar-refractivity contribution >= 4 is 0 Å². The third kappa shape index (κ3) is 5.63. The Balaban J connectivity index is 2.54. The van der Waals surface area contributed by atoms with Crippen molar-refractivity contribution in [2.45, 2.75) is 51.9 Å². The highest BCUT2D eigenvalue weighted by Crippen LogP contribution is 2.22. The Morgan fingerprint density at radius 1 is 1.17 bits per heavy atom. The molecule has 0 aromatic heterocycles. The van der Waals surface area contributed by atoms with E-state index in [0.717, 1.165) is 25.1 Å². The Hall–Kier alpha value is -0.890. The van der Waals surface area contributed by atoms with E-state index in [9.17, 15) is 4.39 Å². The maximum atomic E-state index is 13.3. The number of rotatable bonds is 9. The van der Waals surface area contributed by atoms with E-state index in [0.29, 0.717) is 5.92 Å². The third-order valence-corrected chi connectivity index (χ3v) is 3.37. The smallest absolute Gasteiger partial charge is 0.123 e. The first kappa shape index (κ1) is 15.2. The molecule has 1 N–H and O–H groups in total. The van der Waals surface area contributed by atoms with Gasteiger partial charge in [0.15, 0.2) is 0 Å². The highest BCUT2D eigenvalue weighted by atomic mass is 19.1. The van der Waals surface area contributed by atoms with Crippen LogP contribution in [0.1, 0.15) is 57.4 Å². The quantitative estimate of drug-likeness (QED) is 0.638. The van der Waals surface area contributed by atoms with E-state index in [1.807, 2.05) is 12.1 Å². The molecule has 0 spiro atoms. The first-order valence-electron chi connectivity index (χ1n) is 7.24. The van der Waals surface area contributed by atoms with E-state index < -0.39 is 0 Å². The van der Waals surface area contributed by atoms with Gasteiger partial charge in [-0.1, -0.05) is 51.7 Å². The predicted molar refractivity (Wildman–Crippen MR) is 76.4 cm³/mol. The fraction of sp³-hybridized carbons (Fsp3) is 0.625. The normalized spacial score (nSPS) is 12.6. The minimum Gasteiger partial charge on any atom is -0.316 e. The van der Waals surface area contributed by atoms with Gasteiger partial charge in [0.2, 0.25) is 0 Å². The summed E-state index contributed by atoms with van der Waals surface area (Å²) in [5, 5.41) is 3.38. The Labute approximate surface area is 111 Å². The summed E-state index contributed by atoms with van der Waals surface area (Å²) in [6, 6.07) is 7.06. The van der Waals surface area contributed by atoms with Gasteiger partial charge in [-0.2, -0.15) is 0 Å². The molecule has 0 radical (unpaired) electrons. The monoisotopic (exact) mass is 251 g/mol. The second-order valence-electron chi connectivity index (χ2n) is 4.91. The Morgan fingerprint density at radius 2 is 2.00 bits per heavy atom. The SMILES string of the molecule is CCCCCCC(CNCC)c1cccc(F)c1. The summed E-state index contributed by atoms with van der Waals surface area (Å²) in [4.78, 5) is 0. The zero-order chi connectivity index (χ0) is 13.2. The van der Waals surface area contributed by atoms with E-state index in [1.54, 1.807) is 6.07 Å². The molecule has 1 nitrogen and oxygen atoms in total. The molecule has 2 heteroatoms. The number of unbranched alkanes of at least 4 members (excludes halogenated alkanes) is 3. The number of hydrogen-bond acceptors (Lipinski definition) is 1. The molecule has 1 aromatic carbocycles. The molecule has 18 heavy (non-hydrogen) atoms. The van der Waals surface area contributed by atoms with Crippen molar-refractivity contribution in [3.8, 4) is 0 Å². The van der Waals surface area contributed by atoms with Gasteiger partial charge in [0.05, 0.1) is 0 Å². The Morgan fingerprint density at radius 3 is 2.67 bits per heavy atom. The number of nitrogens with one attached hydrogen (secondary N) is 1. The van der Waals surface area contributed by atoms with Crippen LogP contribution in [-0.4, -0.2) is 13.1 Å². The van der Waals surface area contributed by atoms with Gasteiger partial charge in [0.1, 0.15) is 5.82 Å². The lowest BCUT2D eigenvalue weighted by Gasteiger charge is -2.18. The van der Waals surface area contributed by atoms with E-state index >= 15 is 0 Å². The molecule has 0 saturated heterocycles. The van der Waals surface area contributed by atoms with Crippen LogP contribution >= 0.6 is 0 Å². The first-order valence-corrected chi connectivity index (χ1v) is 7.24. The van der Waals surface area contributed by atoms with Crippen molar-refractivity contribution in [3.63, 3.8) is 0 Å². The van der Waals surface area contributed by atoms with Gasteiger partial charge >= 0.3 is 0 Å². The third-order valence-electron chi connectivity index (χ3n) is 3.37. The van der Waals surface area contributed by atoms with Crippen molar-refractivity contribution in [1.82, 2.24) is 5.32 Å². The second-order valence-corrected chi connectivity index (χ2v) is 4.91. The molecule has 0 bridgehead atoms. The summed E-state index contributed by atoms with van der Waals surface area (Å²) in [6.07, 6.45) is 6.24. The van der Waals surface area contributed by atoms with E-state index in [4.69, 9.17) is 0 Å². The number of halogens is 1. The minimum absolute atomic E-state index is 0.123. The summed E-state index contributed by atoms with van der Waals surface area (Å²) in [5.74, 6) is 0.320. The van der Waals surface area contributed by atoms with E-state index in [1.165, 1.54) is 31.7 Å². The van der Waals surface area contributed by atoms with Gasteiger partial charge in [0.25, 0.3) is 0 Å². The standard InChI is InChI=1S/C16H26FN/c1-3-5-6-7-9-15(13-18-4-2)14-10-8-11-16(17)12-14/h8,10-12,15,18H,3-7,9,13H2,1-2H3. The lowest BCUT2D eigenvalue weighted by Crippen LogP contribution is -2.21. The molecular weight excluding hydrogens is 225 g/mol. The molecule has 1 atom stereocenters. The predicted octanol–water partition coefficient (Wildman–Crippen LogP) is 4.49. The van der Waals surface area contributed by atoms with Crippen molar-refractivity contribution < 1.29 is 4.39 Å². The van der Waals surface area contributed by atoms with E-state index in [2.05, 4.69) is 19.2 Å². The van der Waals surface area contributed by atoms with Crippen LogP contribution in [0.4, 0.5) is 4.39 Å². The van der Waals surface area contributed by atoms with Crippen LogP contribution in [0.5, 0.6) is 0 Å². The van der Waals surface area contributed by atoms with Crippen LogP contribution in [0, 0.1) is 5.82 Å². The average molecular weight is 251 g/mol. The largest absolute Gasteiger partial charge is 0.316 e. The number of hydrogen-bond donors (Lipinski definition) is 1. The molecule has 0 saturated carbocycles. The van der Waals surface area contributed by atoms with Gasteiger partial charge in [-0.05, 0) is 36.6 Å². The van der Waals surface area contributed by atoms with Gasteiger partial charge in [-0.15, -0.1) is 0 Å². The van der Waals surface area contributed by atoms with Gasteiger partial charge in [-0.3, -0.25) is 0 Å². The fourth-order valence-electron chi connectivity index (χ4n) is 2.28. The number of benzene rings is 1. The molecule has 1 aromatic rings. The Kier molecular flexibility index (Phi) is 7.66. The summed E-state index contributed by atoms with van der Waals surface area (Å²) < 4.78 is 13.3. The van der Waals surface area contributed by atoms with Crippen LogP contribution in [0.25, 0.3) is 0 Å². The van der Waals surface area contributed by atoms with Gasteiger partial charge in [0, 0.05) is 6.54 Å². The molecule has 0 heterocycles. The van der Waals surface area contributed by atoms with Crippen molar-refractivity contribution in [2.75, 3.05) is 13.1 Å². The lowest BCUT2D eigenvalue weighted by molar-refractivity contribution is 0.517. The summed E-state index contributed by atoms with van der Waals surface area (Å²) >= 11 is 0. The maximum absolute atomic E-state index is 13.3. The molecule has 1 rings (SSSR count). The fourth-order valence-corrected chi connectivity index (χ4v) is 2.28. The van der Waals surface area contributed by atoms with E-state index in [-0.39, 0.29) is 5.82 Å². The number of likely N-dealkylation sites (N-methyl/N-ethyl adjacent to an activating group) is 1. The molecule has 102 valence electrons. The topological polar surface area (TPSA) is 12.0 Å². The van der Waals surface area contributed by atoms with Crippen molar-refractivity contribution in [2.24, 2.45) is 0 Å². The van der Waals surface area contributed by atoms with Crippen LogP contribution in [-0.2, 0) is 0 Å². The molecule has 0 aliphatic rings. The molecular formula is C16H26FN. The maximum Gasteiger partial charge on any atom is 0.123 e. The van der Waals surface area contributed by atoms with Crippen LogP contribution in [0.15, 0.2) is 24.3 Å². The average Bonchev–Trinajstić information content (AvgIpc) is 2.38. The molecule has 1 unspecified atom stereocenters. The lowest BCUT2D eigenvalue weighted by atomic mass is 9.93. The molecule has 0 aliphatic carbocycles. The highest BCUT2D eigenvalue weighted by molar-refractivity contribution is 5.21. The van der Waals surface area contributed by atoms with Gasteiger partial charge in [-0.25, -0.2) is 4.39 Å². The van der Waals surface area contributed by atoms with Crippen molar-refractivity contribution in [1.29, 1.82) is 0 Å². The van der Waals surface area contributed by atoms with Crippen LogP contribution in [0.2, 0.25) is 0 Å². The molecule has 0 aliphatic heterocycles. The van der Waals surface area contributed by atoms with Crippen molar-refractivity contribution in [3.05, 3.63) is 35.6 Å². The zero-order valence-corrected chi connectivity index (χ0v) is 11.7. The minimum atomic E-state index is -0.123.